The number of hydrogen-bond donors (Lipinski definition) is 4. The van der Waals surface area contributed by atoms with Gasteiger partial charge in [0.05, 0.1) is 12.3 Å². The van der Waals surface area contributed by atoms with E-state index in [-0.39, 0.29) is 36.3 Å². The van der Waals surface area contributed by atoms with Crippen molar-refractivity contribution < 1.29 is 23.6 Å². The topological polar surface area (TPSA) is 166 Å². The van der Waals surface area contributed by atoms with Crippen molar-refractivity contribution in [3.05, 3.63) is 59.9 Å². The Morgan fingerprint density at radius 2 is 1.77 bits per heavy atom. The summed E-state index contributed by atoms with van der Waals surface area (Å²) in [5.74, 6) is -2.45. The number of nitrogens with zero attached hydrogens (tertiary/aromatic N) is 3. The van der Waals surface area contributed by atoms with Crippen molar-refractivity contribution in [3.63, 3.8) is 0 Å². The van der Waals surface area contributed by atoms with Crippen molar-refractivity contribution in [1.82, 2.24) is 31.2 Å². The maximum Gasteiger partial charge on any atom is 0.272 e. The molecule has 4 unspecified atom stereocenters. The molecule has 0 bridgehead atoms. The third-order valence-electron chi connectivity index (χ3n) is 7.06. The zero-order valence-corrected chi connectivity index (χ0v) is 21.9. The predicted octanol–water partition coefficient (Wildman–Crippen LogP) is 1.17. The van der Waals surface area contributed by atoms with E-state index in [2.05, 4.69) is 37.3 Å². The van der Waals surface area contributed by atoms with E-state index in [0.717, 1.165) is 19.3 Å². The highest BCUT2D eigenvalue weighted by molar-refractivity contribution is 5.97. The van der Waals surface area contributed by atoms with Crippen molar-refractivity contribution in [2.45, 2.75) is 63.1 Å². The van der Waals surface area contributed by atoms with Crippen molar-refractivity contribution in [3.8, 4) is 6.07 Å². The van der Waals surface area contributed by atoms with E-state index in [1.807, 2.05) is 0 Å². The highest BCUT2D eigenvalue weighted by Gasteiger charge is 2.34. The number of carbonyl (C=O) groups excluding carboxylic acids is 4. The highest BCUT2D eigenvalue weighted by atomic mass is 19.1. The van der Waals surface area contributed by atoms with Gasteiger partial charge in [0, 0.05) is 31.3 Å². The van der Waals surface area contributed by atoms with Gasteiger partial charge in [0.25, 0.3) is 5.91 Å². The summed E-state index contributed by atoms with van der Waals surface area (Å²) in [6, 6.07) is 4.65. The van der Waals surface area contributed by atoms with Crippen LogP contribution in [0.15, 0.2) is 42.9 Å². The number of amides is 4. The molecule has 210 valence electrons. The normalized spacial score (nSPS) is 18.8. The molecule has 0 spiro atoms. The summed E-state index contributed by atoms with van der Waals surface area (Å²) in [7, 11) is 0. The number of hydrogen-bond acceptors (Lipinski definition) is 7. The van der Waals surface area contributed by atoms with Gasteiger partial charge in [0.15, 0.2) is 0 Å². The van der Waals surface area contributed by atoms with Crippen LogP contribution in [0.3, 0.4) is 0 Å². The lowest BCUT2D eigenvalue weighted by Crippen LogP contribution is -2.55. The highest BCUT2D eigenvalue weighted by Crippen LogP contribution is 2.33. The molecule has 1 aliphatic carbocycles. The lowest BCUT2D eigenvalue weighted by atomic mass is 9.92. The molecular weight excluding hydrogens is 517 g/mol. The van der Waals surface area contributed by atoms with Crippen LogP contribution in [0.25, 0.3) is 0 Å². The first kappa shape index (κ1) is 28.6. The fourth-order valence-electron chi connectivity index (χ4n) is 4.67. The summed E-state index contributed by atoms with van der Waals surface area (Å²) in [6.45, 7) is 0.598. The van der Waals surface area contributed by atoms with Gasteiger partial charge in [-0.2, -0.15) is 5.26 Å². The summed E-state index contributed by atoms with van der Waals surface area (Å²) in [6.07, 6.45) is 7.90. The lowest BCUT2D eigenvalue weighted by Gasteiger charge is -2.26. The molecular formula is C28H32FN7O4. The van der Waals surface area contributed by atoms with E-state index in [4.69, 9.17) is 0 Å². The van der Waals surface area contributed by atoms with Gasteiger partial charge in [-0.05, 0) is 49.3 Å². The molecule has 2 aromatic rings. The number of carbonyl (C=O) groups is 4. The van der Waals surface area contributed by atoms with Gasteiger partial charge < -0.3 is 21.3 Å². The molecule has 2 aliphatic rings. The van der Waals surface area contributed by atoms with Crippen LogP contribution in [0.5, 0.6) is 0 Å². The van der Waals surface area contributed by atoms with Crippen LogP contribution in [-0.4, -0.2) is 58.3 Å². The predicted molar refractivity (Wildman–Crippen MR) is 141 cm³/mol. The van der Waals surface area contributed by atoms with Crippen LogP contribution < -0.4 is 21.3 Å². The summed E-state index contributed by atoms with van der Waals surface area (Å²) in [5, 5.41) is 20.5. The SMILES string of the molecule is N#CC(CC1CCCNC1=O)NC(=O)C(CC1CC1)NC(=O)C(Cc1ccc(F)cc1)NC(=O)c1cnccn1. The van der Waals surface area contributed by atoms with E-state index in [9.17, 15) is 28.8 Å². The van der Waals surface area contributed by atoms with Crippen LogP contribution >= 0.6 is 0 Å². The van der Waals surface area contributed by atoms with Gasteiger partial charge in [-0.15, -0.1) is 0 Å². The van der Waals surface area contributed by atoms with Crippen LogP contribution in [0.4, 0.5) is 4.39 Å². The van der Waals surface area contributed by atoms with Gasteiger partial charge in [-0.1, -0.05) is 25.0 Å². The third-order valence-corrected chi connectivity index (χ3v) is 7.06. The molecule has 1 aromatic heterocycles. The number of halogens is 1. The summed E-state index contributed by atoms with van der Waals surface area (Å²) < 4.78 is 13.5. The van der Waals surface area contributed by atoms with E-state index in [1.165, 1.54) is 42.9 Å². The first-order chi connectivity index (χ1) is 19.3. The molecule has 2 heterocycles. The number of piperidine rings is 1. The molecule has 0 radical (unpaired) electrons. The second kappa shape index (κ2) is 13.6. The van der Waals surface area contributed by atoms with Crippen LogP contribution in [0.2, 0.25) is 0 Å². The fraction of sp³-hybridized carbons (Fsp3) is 0.464. The van der Waals surface area contributed by atoms with E-state index < -0.39 is 41.7 Å². The Morgan fingerprint density at radius 1 is 1.02 bits per heavy atom. The lowest BCUT2D eigenvalue weighted by molar-refractivity contribution is -0.130. The molecule has 4 rings (SSSR count). The van der Waals surface area contributed by atoms with Crippen molar-refractivity contribution in [2.24, 2.45) is 11.8 Å². The summed E-state index contributed by atoms with van der Waals surface area (Å²) >= 11 is 0. The third kappa shape index (κ3) is 8.30. The van der Waals surface area contributed by atoms with Gasteiger partial charge in [-0.3, -0.25) is 24.2 Å². The molecule has 1 aliphatic heterocycles. The molecule has 4 atom stereocenters. The quantitative estimate of drug-likeness (QED) is 0.308. The molecule has 40 heavy (non-hydrogen) atoms. The Morgan fingerprint density at radius 3 is 2.42 bits per heavy atom. The molecule has 2 fully saturated rings. The Hall–Kier alpha value is -4.40. The Balaban J connectivity index is 1.46. The molecule has 12 heteroatoms. The molecule has 1 saturated heterocycles. The van der Waals surface area contributed by atoms with E-state index >= 15 is 0 Å². The van der Waals surface area contributed by atoms with E-state index in [1.54, 1.807) is 0 Å². The average molecular weight is 550 g/mol. The largest absolute Gasteiger partial charge is 0.356 e. The average Bonchev–Trinajstić information content (AvgIpc) is 3.78. The number of nitrogens with one attached hydrogen (secondary N) is 4. The smallest absolute Gasteiger partial charge is 0.272 e. The Bertz CT molecular complexity index is 1250. The maximum absolute atomic E-state index is 13.5. The second-order valence-corrected chi connectivity index (χ2v) is 10.2. The minimum absolute atomic E-state index is 0.00953. The first-order valence-electron chi connectivity index (χ1n) is 13.4. The van der Waals surface area contributed by atoms with Crippen molar-refractivity contribution in [2.75, 3.05) is 6.54 Å². The fourth-order valence-corrected chi connectivity index (χ4v) is 4.67. The zero-order chi connectivity index (χ0) is 28.5. The van der Waals surface area contributed by atoms with E-state index in [0.29, 0.717) is 24.9 Å². The van der Waals surface area contributed by atoms with Crippen molar-refractivity contribution in [1.29, 1.82) is 5.26 Å². The Labute approximate surface area is 231 Å². The second-order valence-electron chi connectivity index (χ2n) is 10.2. The number of benzene rings is 1. The van der Waals surface area contributed by atoms with Gasteiger partial charge in [0.1, 0.15) is 29.6 Å². The van der Waals surface area contributed by atoms with Gasteiger partial charge in [-0.25, -0.2) is 9.37 Å². The minimum Gasteiger partial charge on any atom is -0.356 e. The Kier molecular flexibility index (Phi) is 9.72. The van der Waals surface area contributed by atoms with Gasteiger partial charge in [0.2, 0.25) is 17.7 Å². The van der Waals surface area contributed by atoms with Crippen molar-refractivity contribution >= 4 is 23.6 Å². The zero-order valence-electron chi connectivity index (χ0n) is 21.9. The monoisotopic (exact) mass is 549 g/mol. The van der Waals surface area contributed by atoms with Crippen LogP contribution in [0, 0.1) is 29.0 Å². The summed E-state index contributed by atoms with van der Waals surface area (Å²) in [5.41, 5.74) is 0.606. The minimum atomic E-state index is -1.10. The molecule has 4 amide bonds. The maximum atomic E-state index is 13.5. The molecule has 1 aromatic carbocycles. The molecule has 4 N–H and O–H groups in total. The van der Waals surface area contributed by atoms with Crippen LogP contribution in [-0.2, 0) is 20.8 Å². The molecule has 1 saturated carbocycles. The standard InChI is InChI=1S/C28H32FN7O4/c29-20-7-5-18(6-8-20)13-23(36-28(40)24-16-31-10-11-32-24)27(39)35-22(12-17-3-4-17)26(38)34-21(15-30)14-19-2-1-9-33-25(19)37/h5-8,10-11,16-17,19,21-23H,1-4,9,12-14H2,(H,33,37)(H,34,38)(H,35,39)(H,36,40). The number of aromatic nitrogens is 2. The van der Waals surface area contributed by atoms with Crippen LogP contribution in [0.1, 0.15) is 54.6 Å². The first-order valence-corrected chi connectivity index (χ1v) is 13.4. The molecule has 11 nitrogen and oxygen atoms in total. The number of nitriles is 1. The summed E-state index contributed by atoms with van der Waals surface area (Å²) in [4.78, 5) is 59.5. The number of rotatable bonds is 12. The van der Waals surface area contributed by atoms with Gasteiger partial charge >= 0.3 is 0 Å².